The number of carbonyl (C=O) groups is 1. The lowest BCUT2D eigenvalue weighted by molar-refractivity contribution is -0.140. The highest BCUT2D eigenvalue weighted by atomic mass is 16.5. The summed E-state index contributed by atoms with van der Waals surface area (Å²) in [5.74, 6) is 2.10. The van der Waals surface area contributed by atoms with Crippen molar-refractivity contribution in [3.8, 4) is 0 Å². The number of piperidine rings is 1. The van der Waals surface area contributed by atoms with E-state index in [0.29, 0.717) is 30.5 Å². The molecule has 0 bridgehead atoms. The van der Waals surface area contributed by atoms with E-state index in [1.165, 1.54) is 18.4 Å². The molecule has 2 unspecified atom stereocenters. The van der Waals surface area contributed by atoms with Gasteiger partial charge in [-0.3, -0.25) is 9.89 Å². The van der Waals surface area contributed by atoms with Crippen LogP contribution in [0.25, 0.3) is 0 Å². The van der Waals surface area contributed by atoms with Crippen molar-refractivity contribution in [2.45, 2.75) is 82.3 Å². The minimum absolute atomic E-state index is 0.101. The second-order valence-corrected chi connectivity index (χ2v) is 10.1. The van der Waals surface area contributed by atoms with E-state index >= 15 is 0 Å². The van der Waals surface area contributed by atoms with Crippen LogP contribution in [-0.4, -0.2) is 46.3 Å². The van der Waals surface area contributed by atoms with Gasteiger partial charge in [0.05, 0.1) is 24.4 Å². The van der Waals surface area contributed by atoms with Crippen LogP contribution in [0.5, 0.6) is 0 Å². The summed E-state index contributed by atoms with van der Waals surface area (Å²) >= 11 is 0. The normalized spacial score (nSPS) is 32.6. The first kappa shape index (κ1) is 21.7. The minimum Gasteiger partial charge on any atom is -0.376 e. The maximum atomic E-state index is 13.3. The molecule has 32 heavy (non-hydrogen) atoms. The van der Waals surface area contributed by atoms with Crippen molar-refractivity contribution < 1.29 is 9.53 Å². The number of hydrogen-bond donors (Lipinski definition) is 1. The third kappa shape index (κ3) is 4.63. The summed E-state index contributed by atoms with van der Waals surface area (Å²) in [6.07, 6.45) is 11.1. The van der Waals surface area contributed by atoms with E-state index in [9.17, 15) is 4.79 Å². The molecule has 2 saturated carbocycles. The number of hydrogen-bond acceptors (Lipinski definition) is 3. The van der Waals surface area contributed by atoms with Crippen LogP contribution in [0.3, 0.4) is 0 Å². The number of ether oxygens (including phenoxy) is 1. The third-order valence-electron chi connectivity index (χ3n) is 8.18. The lowest BCUT2D eigenvalue weighted by Gasteiger charge is -2.42. The van der Waals surface area contributed by atoms with E-state index < -0.39 is 0 Å². The minimum atomic E-state index is 0.101. The molecule has 172 valence electrons. The lowest BCUT2D eigenvalue weighted by Crippen LogP contribution is -2.51. The van der Waals surface area contributed by atoms with Crippen LogP contribution >= 0.6 is 0 Å². The van der Waals surface area contributed by atoms with Crippen molar-refractivity contribution >= 4 is 5.91 Å². The fourth-order valence-electron chi connectivity index (χ4n) is 6.10. The molecule has 1 aromatic heterocycles. The highest BCUT2D eigenvalue weighted by molar-refractivity contribution is 5.82. The van der Waals surface area contributed by atoms with E-state index in [2.05, 4.69) is 58.4 Å². The molecule has 2 heterocycles. The van der Waals surface area contributed by atoms with Crippen molar-refractivity contribution in [1.82, 2.24) is 15.1 Å². The van der Waals surface area contributed by atoms with Crippen molar-refractivity contribution in [3.05, 3.63) is 53.9 Å². The van der Waals surface area contributed by atoms with E-state index in [4.69, 9.17) is 4.74 Å². The summed E-state index contributed by atoms with van der Waals surface area (Å²) in [6.45, 7) is 3.70. The number of carbonyl (C=O) groups excluding carboxylic acids is 1. The van der Waals surface area contributed by atoms with E-state index in [1.54, 1.807) is 0 Å². The number of nitrogens with zero attached hydrogens (tertiary/aromatic N) is 2. The molecular weight excluding hydrogens is 398 g/mol. The molecule has 2 aromatic rings. The number of nitrogens with one attached hydrogen (secondary N) is 1. The number of likely N-dealkylation sites (tertiary alicyclic amines) is 1. The number of rotatable bonds is 7. The van der Waals surface area contributed by atoms with Crippen LogP contribution in [0.15, 0.2) is 42.6 Å². The van der Waals surface area contributed by atoms with Gasteiger partial charge in [-0.1, -0.05) is 43.7 Å². The largest absolute Gasteiger partial charge is 0.376 e. The van der Waals surface area contributed by atoms with E-state index in [-0.39, 0.29) is 17.9 Å². The number of aromatic amines is 1. The molecule has 1 saturated heterocycles. The molecule has 2 aliphatic carbocycles. The molecule has 1 aromatic carbocycles. The zero-order valence-electron chi connectivity index (χ0n) is 19.3. The first-order valence-electron chi connectivity index (χ1n) is 12.7. The van der Waals surface area contributed by atoms with Gasteiger partial charge in [-0.05, 0) is 68.4 Å². The average molecular weight is 436 g/mol. The van der Waals surface area contributed by atoms with Crippen LogP contribution < -0.4 is 0 Å². The number of aromatic nitrogens is 2. The Labute approximate surface area is 191 Å². The fraction of sp³-hybridized carbons (Fsp3) is 0.630. The molecule has 4 atom stereocenters. The molecule has 5 nitrogen and oxygen atoms in total. The number of benzene rings is 1. The Morgan fingerprint density at radius 1 is 1.12 bits per heavy atom. The predicted octanol–water partition coefficient (Wildman–Crippen LogP) is 5.27. The van der Waals surface area contributed by atoms with Gasteiger partial charge in [0.25, 0.3) is 0 Å². The van der Waals surface area contributed by atoms with Crippen molar-refractivity contribution in [2.75, 3.05) is 13.2 Å². The second-order valence-electron chi connectivity index (χ2n) is 10.1. The van der Waals surface area contributed by atoms with Crippen LogP contribution in [0.2, 0.25) is 0 Å². The van der Waals surface area contributed by atoms with Gasteiger partial charge in [-0.15, -0.1) is 0 Å². The van der Waals surface area contributed by atoms with Gasteiger partial charge in [-0.25, -0.2) is 0 Å². The summed E-state index contributed by atoms with van der Waals surface area (Å²) in [5, 5.41) is 7.47. The average Bonchev–Trinajstić information content (AvgIpc) is 3.45. The van der Waals surface area contributed by atoms with Gasteiger partial charge in [0.15, 0.2) is 0 Å². The van der Waals surface area contributed by atoms with Gasteiger partial charge >= 0.3 is 0 Å². The first-order chi connectivity index (χ1) is 15.7. The summed E-state index contributed by atoms with van der Waals surface area (Å²) in [4.78, 5) is 15.5. The van der Waals surface area contributed by atoms with Crippen LogP contribution in [0, 0.1) is 11.8 Å². The Bertz CT molecular complexity index is 860. The van der Waals surface area contributed by atoms with Gasteiger partial charge in [0, 0.05) is 24.6 Å². The van der Waals surface area contributed by atoms with E-state index in [1.807, 2.05) is 6.20 Å². The molecule has 3 aliphatic rings. The Morgan fingerprint density at radius 2 is 1.94 bits per heavy atom. The summed E-state index contributed by atoms with van der Waals surface area (Å²) < 4.78 is 6.54. The smallest absolute Gasteiger partial charge is 0.226 e. The highest BCUT2D eigenvalue weighted by Gasteiger charge is 2.47. The fourth-order valence-corrected chi connectivity index (χ4v) is 6.10. The maximum Gasteiger partial charge on any atom is 0.226 e. The lowest BCUT2D eigenvalue weighted by atomic mass is 9.82. The molecule has 0 spiro atoms. The zero-order valence-corrected chi connectivity index (χ0v) is 19.3. The standard InChI is InChI=1S/C27H37N3O2/c1-2-19-17-24(19)27(31)30-16-6-9-23(25-14-15-28-29-25)26(30)18-32-22-12-10-21(11-13-22)20-7-4-3-5-8-20/h3-5,7-8,14-15,19,21-24,26H,2,6,9-13,16-18H2,1H3,(H,28,29)/t19-,21?,22?,23?,24-,26?/m0/s1. The third-order valence-corrected chi connectivity index (χ3v) is 8.18. The van der Waals surface area contributed by atoms with Crippen LogP contribution in [0.4, 0.5) is 0 Å². The second kappa shape index (κ2) is 9.78. The maximum absolute atomic E-state index is 13.3. The molecule has 1 aliphatic heterocycles. The van der Waals surface area contributed by atoms with Gasteiger partial charge in [0.2, 0.25) is 5.91 Å². The summed E-state index contributed by atoms with van der Waals surface area (Å²) in [6, 6.07) is 13.1. The molecule has 3 fully saturated rings. The Hall–Kier alpha value is -2.14. The molecule has 5 rings (SSSR count). The van der Waals surface area contributed by atoms with Gasteiger partial charge < -0.3 is 9.64 Å². The molecule has 1 amide bonds. The highest BCUT2D eigenvalue weighted by Crippen LogP contribution is 2.44. The Balaban J connectivity index is 1.23. The zero-order chi connectivity index (χ0) is 21.9. The molecule has 0 radical (unpaired) electrons. The predicted molar refractivity (Wildman–Crippen MR) is 125 cm³/mol. The molecule has 5 heteroatoms. The SMILES string of the molecule is CC[C@H]1C[C@@H]1C(=O)N1CCCC(c2cc[nH]n2)C1COC1CCC(c2ccccc2)CC1. The van der Waals surface area contributed by atoms with Gasteiger partial charge in [-0.2, -0.15) is 5.10 Å². The van der Waals surface area contributed by atoms with Crippen molar-refractivity contribution in [1.29, 1.82) is 0 Å². The van der Waals surface area contributed by atoms with Crippen LogP contribution in [0.1, 0.15) is 81.4 Å². The van der Waals surface area contributed by atoms with E-state index in [0.717, 1.165) is 50.8 Å². The van der Waals surface area contributed by atoms with Crippen molar-refractivity contribution in [2.24, 2.45) is 11.8 Å². The van der Waals surface area contributed by atoms with Gasteiger partial charge in [0.1, 0.15) is 0 Å². The number of H-pyrrole nitrogens is 1. The summed E-state index contributed by atoms with van der Waals surface area (Å²) in [5.41, 5.74) is 2.54. The quantitative estimate of drug-likeness (QED) is 0.644. The summed E-state index contributed by atoms with van der Waals surface area (Å²) in [7, 11) is 0. The number of amides is 1. The molecular formula is C27H37N3O2. The Kier molecular flexibility index (Phi) is 6.63. The first-order valence-corrected chi connectivity index (χ1v) is 12.7. The van der Waals surface area contributed by atoms with Crippen LogP contribution in [-0.2, 0) is 9.53 Å². The topological polar surface area (TPSA) is 58.2 Å². The van der Waals surface area contributed by atoms with Crippen molar-refractivity contribution in [3.63, 3.8) is 0 Å². The monoisotopic (exact) mass is 435 g/mol. The molecule has 1 N–H and O–H groups in total. The Morgan fingerprint density at radius 3 is 2.62 bits per heavy atom.